The molecular formula is C23H24N6OS. The number of hydrogen-bond acceptors (Lipinski definition) is 6. The Bertz CT molecular complexity index is 1200. The van der Waals surface area contributed by atoms with Gasteiger partial charge in [0.25, 0.3) is 5.91 Å². The normalized spacial score (nSPS) is 10.9. The van der Waals surface area contributed by atoms with Gasteiger partial charge < -0.3 is 5.32 Å². The molecule has 1 aromatic carbocycles. The summed E-state index contributed by atoms with van der Waals surface area (Å²) in [6.07, 6.45) is 5.15. The molecule has 0 aliphatic rings. The predicted octanol–water partition coefficient (Wildman–Crippen LogP) is 4.07. The smallest absolute Gasteiger partial charge is 0.273 e. The highest BCUT2D eigenvalue weighted by Crippen LogP contribution is 2.21. The molecule has 1 amide bonds. The number of pyridine rings is 1. The molecule has 4 aromatic rings. The molecular weight excluding hydrogens is 408 g/mol. The maximum Gasteiger partial charge on any atom is 0.273 e. The van der Waals surface area contributed by atoms with Crippen molar-refractivity contribution in [3.05, 3.63) is 75.6 Å². The summed E-state index contributed by atoms with van der Waals surface area (Å²) in [4.78, 5) is 22.9. The van der Waals surface area contributed by atoms with Gasteiger partial charge in [-0.15, -0.1) is 16.4 Å². The maximum atomic E-state index is 12.6. The molecule has 0 fully saturated rings. The quantitative estimate of drug-likeness (QED) is 0.445. The summed E-state index contributed by atoms with van der Waals surface area (Å²) in [6.45, 7) is 6.42. The molecule has 0 atom stereocenters. The van der Waals surface area contributed by atoms with Gasteiger partial charge in [-0.2, -0.15) is 9.90 Å². The van der Waals surface area contributed by atoms with Crippen molar-refractivity contribution in [2.75, 3.05) is 6.54 Å². The van der Waals surface area contributed by atoms with E-state index in [2.05, 4.69) is 36.9 Å². The van der Waals surface area contributed by atoms with E-state index in [4.69, 9.17) is 0 Å². The molecule has 3 heterocycles. The van der Waals surface area contributed by atoms with Crippen LogP contribution in [0.25, 0.3) is 16.9 Å². The summed E-state index contributed by atoms with van der Waals surface area (Å²) in [5.74, 6) is -0.204. The molecule has 0 saturated carbocycles. The fourth-order valence-electron chi connectivity index (χ4n) is 3.33. The van der Waals surface area contributed by atoms with Crippen molar-refractivity contribution in [3.8, 4) is 16.9 Å². The van der Waals surface area contributed by atoms with E-state index in [0.717, 1.165) is 40.4 Å². The van der Waals surface area contributed by atoms with Crippen LogP contribution in [-0.4, -0.2) is 37.4 Å². The highest BCUT2D eigenvalue weighted by atomic mass is 32.1. The topological polar surface area (TPSA) is 85.6 Å². The van der Waals surface area contributed by atoms with Gasteiger partial charge in [0.2, 0.25) is 0 Å². The van der Waals surface area contributed by atoms with E-state index in [0.29, 0.717) is 17.9 Å². The van der Waals surface area contributed by atoms with Crippen LogP contribution in [0.3, 0.4) is 0 Å². The summed E-state index contributed by atoms with van der Waals surface area (Å²) in [5, 5.41) is 14.9. The lowest BCUT2D eigenvalue weighted by Gasteiger charge is -2.05. The van der Waals surface area contributed by atoms with Gasteiger partial charge in [0.05, 0.1) is 22.1 Å². The highest BCUT2D eigenvalue weighted by molar-refractivity contribution is 7.09. The van der Waals surface area contributed by atoms with Crippen LogP contribution in [-0.2, 0) is 6.42 Å². The van der Waals surface area contributed by atoms with Crippen molar-refractivity contribution in [1.82, 2.24) is 30.3 Å². The van der Waals surface area contributed by atoms with Gasteiger partial charge in [-0.05, 0) is 51.0 Å². The Morgan fingerprint density at radius 2 is 1.90 bits per heavy atom. The third kappa shape index (κ3) is 4.86. The number of aryl methyl sites for hydroxylation is 4. The van der Waals surface area contributed by atoms with Gasteiger partial charge in [0.15, 0.2) is 5.69 Å². The fraction of sp³-hybridized carbons (Fsp3) is 0.261. The number of hydrogen-bond donors (Lipinski definition) is 1. The Hall–Kier alpha value is -3.39. The molecule has 4 rings (SSSR count). The number of carbonyl (C=O) groups is 1. The van der Waals surface area contributed by atoms with Gasteiger partial charge in [-0.25, -0.2) is 4.98 Å². The minimum Gasteiger partial charge on any atom is -0.351 e. The molecule has 7 nitrogen and oxygen atoms in total. The predicted molar refractivity (Wildman–Crippen MR) is 122 cm³/mol. The zero-order valence-corrected chi connectivity index (χ0v) is 18.6. The monoisotopic (exact) mass is 432 g/mol. The Morgan fingerprint density at radius 3 is 2.68 bits per heavy atom. The van der Waals surface area contributed by atoms with E-state index in [1.807, 2.05) is 38.1 Å². The third-order valence-electron chi connectivity index (χ3n) is 4.95. The average Bonchev–Trinajstić information content (AvgIpc) is 3.38. The largest absolute Gasteiger partial charge is 0.351 e. The molecule has 0 aliphatic carbocycles. The van der Waals surface area contributed by atoms with Crippen molar-refractivity contribution in [1.29, 1.82) is 0 Å². The lowest BCUT2D eigenvalue weighted by atomic mass is 10.1. The maximum absolute atomic E-state index is 12.6. The molecule has 158 valence electrons. The van der Waals surface area contributed by atoms with E-state index in [-0.39, 0.29) is 5.91 Å². The molecule has 0 spiro atoms. The Labute approximate surface area is 185 Å². The molecule has 0 radical (unpaired) electrons. The van der Waals surface area contributed by atoms with Crippen LogP contribution < -0.4 is 5.32 Å². The molecule has 31 heavy (non-hydrogen) atoms. The summed E-state index contributed by atoms with van der Waals surface area (Å²) >= 11 is 1.64. The molecule has 8 heteroatoms. The molecule has 0 unspecified atom stereocenters. The van der Waals surface area contributed by atoms with Crippen molar-refractivity contribution >= 4 is 17.2 Å². The minimum atomic E-state index is -0.204. The lowest BCUT2D eigenvalue weighted by molar-refractivity contribution is 0.0947. The van der Waals surface area contributed by atoms with Crippen LogP contribution >= 0.6 is 11.3 Å². The third-order valence-corrected chi connectivity index (χ3v) is 5.85. The Kier molecular flexibility index (Phi) is 6.18. The summed E-state index contributed by atoms with van der Waals surface area (Å²) in [5.41, 5.74) is 6.11. The van der Waals surface area contributed by atoms with Crippen LogP contribution in [0.2, 0.25) is 0 Å². The fourth-order valence-corrected chi connectivity index (χ4v) is 4.18. The van der Waals surface area contributed by atoms with Crippen LogP contribution in [0.5, 0.6) is 0 Å². The van der Waals surface area contributed by atoms with Gasteiger partial charge in [-0.3, -0.25) is 9.78 Å². The Morgan fingerprint density at radius 1 is 1.10 bits per heavy atom. The van der Waals surface area contributed by atoms with Crippen molar-refractivity contribution in [3.63, 3.8) is 0 Å². The number of thiazole rings is 1. The second-order valence-corrected chi connectivity index (χ2v) is 8.38. The van der Waals surface area contributed by atoms with Gasteiger partial charge in [0, 0.05) is 36.3 Å². The first kappa shape index (κ1) is 20.9. The van der Waals surface area contributed by atoms with E-state index >= 15 is 0 Å². The zero-order chi connectivity index (χ0) is 21.8. The summed E-state index contributed by atoms with van der Waals surface area (Å²) in [7, 11) is 0. The number of amides is 1. The molecule has 1 N–H and O–H groups in total. The van der Waals surface area contributed by atoms with Crippen LogP contribution in [0.15, 0.2) is 48.1 Å². The first-order valence-corrected chi connectivity index (χ1v) is 11.0. The number of nitrogens with zero attached hydrogens (tertiary/aromatic N) is 5. The van der Waals surface area contributed by atoms with E-state index in [1.165, 1.54) is 10.4 Å². The second-order valence-electron chi connectivity index (χ2n) is 7.44. The van der Waals surface area contributed by atoms with Gasteiger partial charge in [-0.1, -0.05) is 17.7 Å². The molecule has 0 aliphatic heterocycles. The van der Waals surface area contributed by atoms with Gasteiger partial charge in [0.1, 0.15) is 0 Å². The SMILES string of the molecule is Cc1ccc(-n2nc(C)c(C(=O)NCCCc3nc(-c4ccncc4)cs3)n2)c(C)c1. The lowest BCUT2D eigenvalue weighted by Crippen LogP contribution is -2.26. The van der Waals surface area contributed by atoms with Crippen molar-refractivity contribution < 1.29 is 4.79 Å². The number of benzene rings is 1. The Balaban J connectivity index is 1.32. The minimum absolute atomic E-state index is 0.204. The van der Waals surface area contributed by atoms with E-state index < -0.39 is 0 Å². The molecule has 0 bridgehead atoms. The average molecular weight is 433 g/mol. The number of aromatic nitrogens is 5. The highest BCUT2D eigenvalue weighted by Gasteiger charge is 2.17. The van der Waals surface area contributed by atoms with Gasteiger partial charge >= 0.3 is 0 Å². The van der Waals surface area contributed by atoms with Crippen LogP contribution in [0.4, 0.5) is 0 Å². The summed E-state index contributed by atoms with van der Waals surface area (Å²) in [6, 6.07) is 9.96. The second kappa shape index (κ2) is 9.18. The number of rotatable bonds is 7. The number of carbonyl (C=O) groups excluding carboxylic acids is 1. The summed E-state index contributed by atoms with van der Waals surface area (Å²) < 4.78 is 0. The van der Waals surface area contributed by atoms with Crippen LogP contribution in [0.1, 0.15) is 38.7 Å². The first-order valence-electron chi connectivity index (χ1n) is 10.2. The zero-order valence-electron chi connectivity index (χ0n) is 17.8. The first-order chi connectivity index (χ1) is 15.0. The van der Waals surface area contributed by atoms with Crippen LogP contribution in [0, 0.1) is 20.8 Å². The van der Waals surface area contributed by atoms with Crippen molar-refractivity contribution in [2.45, 2.75) is 33.6 Å². The number of nitrogens with one attached hydrogen (secondary N) is 1. The van der Waals surface area contributed by atoms with E-state index in [1.54, 1.807) is 30.7 Å². The molecule has 0 saturated heterocycles. The molecule has 3 aromatic heterocycles. The van der Waals surface area contributed by atoms with E-state index in [9.17, 15) is 4.79 Å². The van der Waals surface area contributed by atoms with Crippen molar-refractivity contribution in [2.24, 2.45) is 0 Å². The standard InChI is InChI=1S/C23H24N6OS/c1-15-6-7-20(16(2)13-15)29-27-17(3)22(28-29)23(30)25-10-4-5-21-26-19(14-31-21)18-8-11-24-12-9-18/h6-9,11-14H,4-5,10H2,1-3H3,(H,25,30).